The monoisotopic (exact) mass is 485 g/mol. The first-order valence-electron chi connectivity index (χ1n) is 11.1. The largest absolute Gasteiger partial charge is 0.444 e. The van der Waals surface area contributed by atoms with Gasteiger partial charge in [0, 0.05) is 13.8 Å². The number of nitrogens with one attached hydrogen (secondary N) is 1. The van der Waals surface area contributed by atoms with Gasteiger partial charge in [-0.2, -0.15) is 0 Å². The number of ketones is 1. The van der Waals surface area contributed by atoms with Gasteiger partial charge in [0.15, 0.2) is 5.78 Å². The molecule has 0 radical (unpaired) electrons. The number of rotatable bonds is 6. The molecule has 0 aromatic heterocycles. The lowest BCUT2D eigenvalue weighted by Crippen LogP contribution is -2.55. The van der Waals surface area contributed by atoms with Crippen LogP contribution in [-0.4, -0.2) is 41.2 Å². The van der Waals surface area contributed by atoms with Crippen LogP contribution in [0.5, 0.6) is 0 Å². The molecule has 35 heavy (non-hydrogen) atoms. The van der Waals surface area contributed by atoms with Crippen molar-refractivity contribution in [2.24, 2.45) is 5.92 Å². The molecule has 3 rings (SSSR count). The number of hydrogen-bond acceptors (Lipinski definition) is 7. The minimum atomic E-state index is -1.84. The Balaban J connectivity index is 1.84. The van der Waals surface area contributed by atoms with Gasteiger partial charge in [0.1, 0.15) is 11.4 Å². The summed E-state index contributed by atoms with van der Waals surface area (Å²) in [5, 5.41) is 2.46. The van der Waals surface area contributed by atoms with E-state index in [1.807, 2.05) is 0 Å². The molecule has 9 heteroatoms. The lowest BCUT2D eigenvalue weighted by molar-refractivity contribution is -0.238. The smallest absolute Gasteiger partial charge is 0.408 e. The molecule has 0 bridgehead atoms. The number of carbonyl (C=O) groups is 4. The molecule has 1 fully saturated rings. The zero-order chi connectivity index (χ0) is 26.0. The first-order chi connectivity index (χ1) is 16.2. The van der Waals surface area contributed by atoms with Gasteiger partial charge < -0.3 is 19.5 Å². The van der Waals surface area contributed by atoms with Crippen LogP contribution in [-0.2, 0) is 35.0 Å². The second-order valence-electron chi connectivity index (χ2n) is 9.69. The second-order valence-corrected chi connectivity index (χ2v) is 9.69. The number of carbonyl (C=O) groups excluding carboxylic acids is 4. The van der Waals surface area contributed by atoms with Gasteiger partial charge in [-0.25, -0.2) is 9.18 Å². The SMILES string of the molecule is CC(C)(C)OC(=O)N[C@@H](Cc1ccc(-c2cccc(F)c2)cc1)C(=O)C1C(=O)OC(C)(C)OC1=O. The summed E-state index contributed by atoms with van der Waals surface area (Å²) in [6.45, 7) is 7.73. The highest BCUT2D eigenvalue weighted by Crippen LogP contribution is 2.26. The molecule has 8 nitrogen and oxygen atoms in total. The van der Waals surface area contributed by atoms with Crippen molar-refractivity contribution in [3.63, 3.8) is 0 Å². The molecule has 0 saturated carbocycles. The van der Waals surface area contributed by atoms with Crippen molar-refractivity contribution in [2.45, 2.75) is 58.5 Å². The van der Waals surface area contributed by atoms with E-state index in [4.69, 9.17) is 14.2 Å². The molecule has 1 amide bonds. The van der Waals surface area contributed by atoms with Crippen LogP contribution < -0.4 is 5.32 Å². The fourth-order valence-corrected chi connectivity index (χ4v) is 3.56. The van der Waals surface area contributed by atoms with E-state index in [1.54, 1.807) is 57.2 Å². The van der Waals surface area contributed by atoms with E-state index in [2.05, 4.69) is 5.32 Å². The standard InChI is InChI=1S/C26H28FNO7/c1-25(2,3)35-24(32)28-19(21(29)20-22(30)33-26(4,5)34-23(20)31)13-15-9-11-16(12-10-15)17-7-6-8-18(27)14-17/h6-12,14,19-20H,13H2,1-5H3,(H,28,32)/t19-/m0/s1. The highest BCUT2D eigenvalue weighted by atomic mass is 19.1. The van der Waals surface area contributed by atoms with Gasteiger partial charge >= 0.3 is 18.0 Å². The third-order valence-electron chi connectivity index (χ3n) is 5.03. The molecule has 0 aliphatic carbocycles. The summed E-state index contributed by atoms with van der Waals surface area (Å²) >= 11 is 0. The van der Waals surface area contributed by atoms with Crippen molar-refractivity contribution in [2.75, 3.05) is 0 Å². The number of hydrogen-bond donors (Lipinski definition) is 1. The first kappa shape index (κ1) is 25.9. The summed E-state index contributed by atoms with van der Waals surface area (Å²) in [7, 11) is 0. The zero-order valence-corrected chi connectivity index (χ0v) is 20.2. The minimum Gasteiger partial charge on any atom is -0.444 e. The molecule has 1 aliphatic rings. The van der Waals surface area contributed by atoms with Crippen molar-refractivity contribution >= 4 is 23.8 Å². The lowest BCUT2D eigenvalue weighted by atomic mass is 9.92. The quantitative estimate of drug-likeness (QED) is 0.488. The summed E-state index contributed by atoms with van der Waals surface area (Å²) in [6.07, 6.45) is -0.924. The predicted molar refractivity (Wildman–Crippen MR) is 123 cm³/mol. The Morgan fingerprint density at radius 2 is 1.63 bits per heavy atom. The predicted octanol–water partition coefficient (Wildman–Crippen LogP) is 3.95. The van der Waals surface area contributed by atoms with Gasteiger partial charge in [0.25, 0.3) is 5.79 Å². The van der Waals surface area contributed by atoms with E-state index in [1.165, 1.54) is 26.0 Å². The van der Waals surface area contributed by atoms with Crippen molar-refractivity contribution in [1.82, 2.24) is 5.32 Å². The molecule has 1 aliphatic heterocycles. The van der Waals surface area contributed by atoms with Crippen LogP contribution in [0.1, 0.15) is 40.2 Å². The number of amides is 1. The molecule has 1 N–H and O–H groups in total. The number of Topliss-reactive ketones (excluding diaryl/α,β-unsaturated/α-hetero) is 1. The maximum absolute atomic E-state index is 13.6. The van der Waals surface area contributed by atoms with Crippen LogP contribution in [0.15, 0.2) is 48.5 Å². The van der Waals surface area contributed by atoms with Crippen molar-refractivity contribution < 1.29 is 37.8 Å². The maximum atomic E-state index is 13.6. The summed E-state index contributed by atoms with van der Waals surface area (Å²) in [5.74, 6) is -6.67. The Bertz CT molecular complexity index is 1120. The van der Waals surface area contributed by atoms with E-state index in [-0.39, 0.29) is 12.2 Å². The van der Waals surface area contributed by atoms with E-state index >= 15 is 0 Å². The summed E-state index contributed by atoms with van der Waals surface area (Å²) in [4.78, 5) is 50.6. The Hall–Kier alpha value is -3.75. The Kier molecular flexibility index (Phi) is 7.28. The average molecular weight is 486 g/mol. The molecule has 0 spiro atoms. The molecule has 1 saturated heterocycles. The number of cyclic esters (lactones) is 2. The highest BCUT2D eigenvalue weighted by Gasteiger charge is 2.49. The van der Waals surface area contributed by atoms with E-state index in [0.29, 0.717) is 11.1 Å². The number of ether oxygens (including phenoxy) is 3. The summed E-state index contributed by atoms with van der Waals surface area (Å²) in [6, 6.07) is 11.7. The van der Waals surface area contributed by atoms with Gasteiger partial charge in [-0.3, -0.25) is 14.4 Å². The lowest BCUT2D eigenvalue weighted by Gasteiger charge is -2.33. The molecule has 1 heterocycles. The van der Waals surface area contributed by atoms with Crippen LogP contribution in [0.3, 0.4) is 0 Å². The fourth-order valence-electron chi connectivity index (χ4n) is 3.56. The Labute approximate surface area is 202 Å². The average Bonchev–Trinajstić information content (AvgIpc) is 2.71. The number of esters is 2. The minimum absolute atomic E-state index is 0.0397. The van der Waals surface area contributed by atoms with Gasteiger partial charge in [-0.05, 0) is 56.0 Å². The summed E-state index contributed by atoms with van der Waals surface area (Å²) < 4.78 is 28.9. The molecular formula is C26H28FNO7. The third kappa shape index (κ3) is 6.88. The number of benzene rings is 2. The molecule has 2 aromatic carbocycles. The van der Waals surface area contributed by atoms with E-state index < -0.39 is 47.2 Å². The Morgan fingerprint density at radius 1 is 1.03 bits per heavy atom. The van der Waals surface area contributed by atoms with Crippen molar-refractivity contribution in [3.8, 4) is 11.1 Å². The van der Waals surface area contributed by atoms with Crippen LogP contribution in [0.25, 0.3) is 11.1 Å². The number of alkyl carbamates (subject to hydrolysis) is 1. The summed E-state index contributed by atoms with van der Waals surface area (Å²) in [5.41, 5.74) is 1.21. The van der Waals surface area contributed by atoms with Crippen molar-refractivity contribution in [1.29, 1.82) is 0 Å². The number of halogens is 1. The van der Waals surface area contributed by atoms with Crippen molar-refractivity contribution in [3.05, 3.63) is 59.9 Å². The Morgan fingerprint density at radius 3 is 2.17 bits per heavy atom. The highest BCUT2D eigenvalue weighted by molar-refractivity contribution is 6.17. The van der Waals surface area contributed by atoms with Gasteiger partial charge in [0.2, 0.25) is 5.92 Å². The maximum Gasteiger partial charge on any atom is 0.408 e. The molecule has 0 unspecified atom stereocenters. The van der Waals surface area contributed by atoms with Crippen LogP contribution in [0.2, 0.25) is 0 Å². The normalized spacial score (nSPS) is 16.6. The molecule has 186 valence electrons. The van der Waals surface area contributed by atoms with Gasteiger partial charge in [-0.1, -0.05) is 36.4 Å². The van der Waals surface area contributed by atoms with E-state index in [0.717, 1.165) is 5.56 Å². The van der Waals surface area contributed by atoms with Crippen LogP contribution in [0.4, 0.5) is 9.18 Å². The fraction of sp³-hybridized carbons (Fsp3) is 0.385. The molecule has 2 aromatic rings. The first-order valence-corrected chi connectivity index (χ1v) is 11.1. The van der Waals surface area contributed by atoms with Crippen LogP contribution >= 0.6 is 0 Å². The van der Waals surface area contributed by atoms with E-state index in [9.17, 15) is 23.6 Å². The molecular weight excluding hydrogens is 457 g/mol. The van der Waals surface area contributed by atoms with Crippen LogP contribution in [0, 0.1) is 11.7 Å². The third-order valence-corrected chi connectivity index (χ3v) is 5.03. The van der Waals surface area contributed by atoms with Gasteiger partial charge in [-0.15, -0.1) is 0 Å². The zero-order valence-electron chi connectivity index (χ0n) is 20.2. The topological polar surface area (TPSA) is 108 Å². The molecule has 1 atom stereocenters. The second kappa shape index (κ2) is 9.85. The van der Waals surface area contributed by atoms with Gasteiger partial charge in [0.05, 0.1) is 6.04 Å².